The van der Waals surface area contributed by atoms with Crippen molar-refractivity contribution in [2.24, 2.45) is 11.5 Å². The lowest BCUT2D eigenvalue weighted by Crippen LogP contribution is -2.28. The van der Waals surface area contributed by atoms with Gasteiger partial charge in [-0.1, -0.05) is 129 Å². The van der Waals surface area contributed by atoms with E-state index in [0.29, 0.717) is 147 Å². The third-order valence-corrected chi connectivity index (χ3v) is 21.6. The van der Waals surface area contributed by atoms with Gasteiger partial charge in [-0.3, -0.25) is 4.79 Å². The number of aliphatic hydroxyl groups excluding tert-OH is 2. The van der Waals surface area contributed by atoms with Crippen molar-refractivity contribution in [3.63, 3.8) is 0 Å². The lowest BCUT2D eigenvalue weighted by Gasteiger charge is -2.11. The van der Waals surface area contributed by atoms with Crippen LogP contribution in [0.2, 0.25) is 0 Å². The molecule has 0 aliphatic rings. The number of nitrogens with two attached hydrogens (primary N) is 2. The van der Waals surface area contributed by atoms with Crippen LogP contribution in [-0.4, -0.2) is 212 Å². The molecule has 0 unspecified atom stereocenters. The van der Waals surface area contributed by atoms with E-state index < -0.39 is 31.3 Å². The van der Waals surface area contributed by atoms with Crippen LogP contribution in [0.3, 0.4) is 0 Å². The Balaban J connectivity index is 0.000000131. The van der Waals surface area contributed by atoms with Gasteiger partial charge in [0.15, 0.2) is 55.8 Å². The number of nitrogens with zero attached hydrogens (tertiary/aromatic N) is 27. The molecule has 20 aromatic rings. The predicted octanol–water partition coefficient (Wildman–Crippen LogP) is 14.2. The fraction of sp³-hybridized carbons (Fsp3) is 0.180. The van der Waals surface area contributed by atoms with Crippen molar-refractivity contribution in [2.75, 3.05) is 80.6 Å². The van der Waals surface area contributed by atoms with Crippen LogP contribution >= 0.6 is 0 Å². The summed E-state index contributed by atoms with van der Waals surface area (Å²) in [5, 5.41) is 88.8. The average Bonchev–Trinajstić information content (AvgIpc) is 1.68. The fourth-order valence-corrected chi connectivity index (χ4v) is 14.6. The van der Waals surface area contributed by atoms with Crippen LogP contribution in [0.5, 0.6) is 0 Å². The number of benzene rings is 10. The van der Waals surface area contributed by atoms with Gasteiger partial charge in [0.05, 0.1) is 91.6 Å². The summed E-state index contributed by atoms with van der Waals surface area (Å²) >= 11 is 0. The molecule has 10 aromatic carbocycles. The first kappa shape index (κ1) is 102. The highest BCUT2D eigenvalue weighted by Crippen LogP contribution is 2.29. The summed E-state index contributed by atoms with van der Waals surface area (Å²) in [6.07, 6.45) is 1.76. The van der Waals surface area contributed by atoms with Crippen LogP contribution in [0.1, 0.15) is 54.9 Å². The Kier molecular flexibility index (Phi) is 33.2. The molecule has 10 aromatic heterocycles. The van der Waals surface area contributed by atoms with Gasteiger partial charge >= 0.3 is 12.4 Å². The largest absolute Gasteiger partial charge is 0.401 e. The zero-order valence-electron chi connectivity index (χ0n) is 78.8. The number of nitriles is 1. The lowest BCUT2D eigenvalue weighted by molar-refractivity contribution is -0.125. The maximum atomic E-state index is 13.5. The molecular weight excluding hydrogens is 1900 g/mol. The first-order chi connectivity index (χ1) is 71.4. The number of carbonyl (C=O) groups is 1. The van der Waals surface area contributed by atoms with Crippen molar-refractivity contribution >= 4 is 120 Å². The van der Waals surface area contributed by atoms with E-state index >= 15 is 0 Å². The minimum absolute atomic E-state index is 0.0506. The number of hydrogen-bond donors (Lipinski definition) is 11. The third-order valence-electron chi connectivity index (χ3n) is 21.6. The van der Waals surface area contributed by atoms with Gasteiger partial charge in [0.2, 0.25) is 29.7 Å². The van der Waals surface area contributed by atoms with Gasteiger partial charge in [-0.2, -0.15) is 79.9 Å². The molecule has 147 heavy (non-hydrogen) atoms. The first-order valence-corrected chi connectivity index (χ1v) is 45.5. The number of aliphatic hydroxyl groups is 2. The van der Waals surface area contributed by atoms with E-state index in [9.17, 15) is 35.5 Å². The molecule has 0 aliphatic heterocycles. The van der Waals surface area contributed by atoms with Crippen molar-refractivity contribution in [1.82, 2.24) is 140 Å². The first-order valence-electron chi connectivity index (χ1n) is 45.5. The molecule has 47 heteroatoms. The highest BCUT2D eigenvalue weighted by atomic mass is 19.4. The molecule has 0 aliphatic carbocycles. The van der Waals surface area contributed by atoms with Crippen molar-refractivity contribution in [3.8, 4) is 34.5 Å². The van der Waals surface area contributed by atoms with Crippen molar-refractivity contribution < 1.29 is 50.5 Å². The van der Waals surface area contributed by atoms with E-state index in [1.165, 1.54) is 33.5 Å². The van der Waals surface area contributed by atoms with Gasteiger partial charge in [0.25, 0.3) is 5.91 Å². The van der Waals surface area contributed by atoms with E-state index in [1.54, 1.807) is 138 Å². The third kappa shape index (κ3) is 27.6. The summed E-state index contributed by atoms with van der Waals surface area (Å²) in [5.41, 5.74) is 32.4. The highest BCUT2D eigenvalue weighted by molar-refractivity contribution is 5.94. The second-order valence-corrected chi connectivity index (χ2v) is 32.8. The predicted molar refractivity (Wildman–Crippen MR) is 537 cm³/mol. The Hall–Kier alpha value is -18.2. The zero-order chi connectivity index (χ0) is 103. The Morgan fingerprint density at radius 3 is 0.993 bits per heavy atom. The Labute approximate surface area is 832 Å². The van der Waals surface area contributed by atoms with E-state index in [0.717, 1.165) is 79.6 Å². The number of halogens is 7. The zero-order valence-corrected chi connectivity index (χ0v) is 78.8. The molecule has 1 amide bonds. The van der Waals surface area contributed by atoms with Gasteiger partial charge < -0.3 is 68.5 Å². The second kappa shape index (κ2) is 48.0. The molecule has 0 spiro atoms. The SMILES string of the molecule is COCc1cccc(-n2nnc3cnc(Nc4ccc(C(=O)N(C)C)cc4)nc32)c1.Fc1cccc(-n2nnc3cnc(Nc4ccc(CNCC(F)(F)F)cc4)nc32)c1.N#CCc1cccc(-n2nnc3cnc(Nc4ccc(CN)cc4)nc32)c1.NCCc1ccc(Nc2ncc3nnn(-c4cccc(CCO)c4)c3n2)cc1.OCCc1cccc(-n2nnc3cnc(Nc4ccc(CNCC(F)(F)F)cc4)nc32)c1. The monoisotopic (exact) mass is 1990 g/mol. The van der Waals surface area contributed by atoms with E-state index in [2.05, 4.69) is 145 Å². The quantitative estimate of drug-likeness (QED) is 0.0174. The molecule has 0 bridgehead atoms. The van der Waals surface area contributed by atoms with E-state index in [4.69, 9.17) is 31.7 Å². The van der Waals surface area contributed by atoms with Crippen LogP contribution < -0.4 is 48.7 Å². The molecule has 0 fully saturated rings. The summed E-state index contributed by atoms with van der Waals surface area (Å²) in [4.78, 5) is 57.5. The number of carbonyl (C=O) groups excluding carboxylic acids is 1. The molecule has 0 saturated heterocycles. The molecule has 10 heterocycles. The minimum Gasteiger partial charge on any atom is -0.396 e. The molecule has 746 valence electrons. The number of aromatic nitrogens is 25. The van der Waals surface area contributed by atoms with Crippen LogP contribution in [0, 0.1) is 17.1 Å². The van der Waals surface area contributed by atoms with E-state index in [1.807, 2.05) is 158 Å². The van der Waals surface area contributed by atoms with Crippen LogP contribution in [-0.2, 0) is 56.7 Å². The lowest BCUT2D eigenvalue weighted by atomic mass is 10.1. The number of nitrogens with one attached hydrogen (secondary N) is 7. The number of hydrogen-bond acceptors (Lipinski definition) is 34. The average molecular weight is 2000 g/mol. The van der Waals surface area contributed by atoms with Gasteiger partial charge in [0, 0.05) is 88.1 Å². The Morgan fingerprint density at radius 2 is 0.687 bits per heavy atom. The van der Waals surface area contributed by atoms with Crippen molar-refractivity contribution in [3.05, 3.63) is 330 Å². The summed E-state index contributed by atoms with van der Waals surface area (Å²) in [7, 11) is 5.10. The summed E-state index contributed by atoms with van der Waals surface area (Å²) in [6.45, 7) is -0.0878. The normalized spacial score (nSPS) is 11.2. The van der Waals surface area contributed by atoms with Crippen LogP contribution in [0.4, 0.5) is 88.9 Å². The molecule has 20 rings (SSSR count). The number of amides is 1. The second-order valence-electron chi connectivity index (χ2n) is 32.8. The maximum Gasteiger partial charge on any atom is 0.401 e. The number of ether oxygens (including phenoxy) is 1. The maximum absolute atomic E-state index is 13.5. The summed E-state index contributed by atoms with van der Waals surface area (Å²) in [6, 6.07) is 75.5. The standard InChI is InChI=1S/C21H20F3N7O.C21H21N7O2.C20H21N7O.C19H15F4N7.C19H16N8/c22-21(23,24)13-25-11-15-4-6-16(7-5-15)27-20-26-12-18-19(28-20)31(30-29-18)17-3-1-2-14(10-17)8-9-32;1-27(2)20(29)15-7-9-16(10-8-15)23-21-22-12-18-19(24-21)28(26-25-18)17-6-4-5-14(11-17)13-30-3;21-10-8-14-4-6-16(7-5-14)23-20-22-13-18-19(24-20)27(26-25-18)17-3-1-2-15(12-17)9-11-28;20-13-2-1-3-15(8-13)30-17-16(28-29-30)10-25-18(27-17)26-14-6-4-12(5-7-14)9-24-11-19(21,22)23;20-9-8-13-2-1-3-16(10-13)27-18-17(25-26-27)12-22-19(24-18)23-15-6-4-14(11-21)5-7-15/h1-7,10,12,25,32H,8-9,11,13H2,(H,26,27,28);4-12H,13H2,1-3H3,(H,22,23,24);1-7,12-13,28H,8-11,21H2,(H,22,23,24);1-8,10,24H,9,11H2,(H,25,26,27);1-7,10,12H,8,11,21H2,(H,22,23,24). The number of anilines is 10. The van der Waals surface area contributed by atoms with Gasteiger partial charge in [-0.15, -0.1) is 25.5 Å². The van der Waals surface area contributed by atoms with Gasteiger partial charge in [-0.05, 0) is 210 Å². The van der Waals surface area contributed by atoms with Crippen LogP contribution in [0.15, 0.2) is 274 Å². The summed E-state index contributed by atoms with van der Waals surface area (Å²) < 4.78 is 100. The fourth-order valence-electron chi connectivity index (χ4n) is 14.6. The molecular formula is C100H93F7N36O4. The minimum atomic E-state index is -4.25. The summed E-state index contributed by atoms with van der Waals surface area (Å²) in [5.74, 6) is 1.46. The van der Waals surface area contributed by atoms with Crippen molar-refractivity contribution in [1.29, 1.82) is 5.26 Å². The number of rotatable bonds is 32. The molecule has 0 atom stereocenters. The highest BCUT2D eigenvalue weighted by Gasteiger charge is 2.28. The van der Waals surface area contributed by atoms with Crippen molar-refractivity contribution in [2.45, 2.75) is 64.3 Å². The van der Waals surface area contributed by atoms with Gasteiger partial charge in [0.1, 0.15) is 5.82 Å². The molecule has 0 saturated carbocycles. The molecule has 0 radical (unpaired) electrons. The van der Waals surface area contributed by atoms with E-state index in [-0.39, 0.29) is 38.2 Å². The number of methoxy groups -OCH3 is 1. The van der Waals surface area contributed by atoms with Gasteiger partial charge in [-0.25, -0.2) is 29.3 Å². The Bertz CT molecular complexity index is 7880. The smallest absolute Gasteiger partial charge is 0.396 e. The molecule has 40 nitrogen and oxygen atoms in total. The topological polar surface area (TPSA) is 512 Å². The number of alkyl halides is 6. The number of fused-ring (bicyclic) bond motifs is 5. The Morgan fingerprint density at radius 1 is 0.388 bits per heavy atom. The molecule has 13 N–H and O–H groups in total. The van der Waals surface area contributed by atoms with Crippen LogP contribution in [0.25, 0.3) is 84.3 Å².